The largest absolute Gasteiger partial charge is 0.453 e. The smallest absolute Gasteiger partial charge is 0.350 e. The first-order chi connectivity index (χ1) is 11.6. The molecule has 2 aromatic heterocycles. The quantitative estimate of drug-likeness (QED) is 0.495. The molecule has 0 aliphatic heterocycles. The van der Waals surface area contributed by atoms with Crippen molar-refractivity contribution in [2.24, 2.45) is 7.05 Å². The minimum Gasteiger partial charge on any atom is -0.453 e. The van der Waals surface area contributed by atoms with Gasteiger partial charge in [-0.2, -0.15) is 0 Å². The minimum absolute atomic E-state index is 0.106. The second-order valence-electron chi connectivity index (χ2n) is 5.39. The molecule has 0 atom stereocenters. The van der Waals surface area contributed by atoms with E-state index in [1.165, 1.54) is 11.3 Å². The molecule has 0 unspecified atom stereocenters. The van der Waals surface area contributed by atoms with Crippen molar-refractivity contribution in [3.05, 3.63) is 64.3 Å². The van der Waals surface area contributed by atoms with Crippen molar-refractivity contribution in [2.45, 2.75) is 6.61 Å². The number of hydrogen-bond donors (Lipinski definition) is 0. The van der Waals surface area contributed by atoms with Crippen molar-refractivity contribution >= 4 is 50.0 Å². The molecule has 2 aromatic carbocycles. The number of aryl methyl sites for hydroxylation is 1. The van der Waals surface area contributed by atoms with Crippen LogP contribution in [-0.2, 0) is 18.4 Å². The highest BCUT2D eigenvalue weighted by Gasteiger charge is 2.19. The summed E-state index contributed by atoms with van der Waals surface area (Å²) in [7, 11) is 1.91. The molecule has 0 amide bonds. The molecule has 6 heteroatoms. The zero-order valence-electron chi connectivity index (χ0n) is 12.8. The molecule has 24 heavy (non-hydrogen) atoms. The molecule has 4 rings (SSSR count). The summed E-state index contributed by atoms with van der Waals surface area (Å²) in [6.07, 6.45) is 0. The third-order valence-corrected chi connectivity index (χ3v) is 5.59. The number of halogens is 1. The summed E-state index contributed by atoms with van der Waals surface area (Å²) in [5.41, 5.74) is 1.88. The third kappa shape index (κ3) is 2.46. The Hall–Kier alpha value is -2.37. The van der Waals surface area contributed by atoms with Crippen LogP contribution in [0, 0.1) is 0 Å². The maximum Gasteiger partial charge on any atom is 0.350 e. The molecule has 0 N–H and O–H groups in total. The van der Waals surface area contributed by atoms with Crippen LogP contribution in [0.15, 0.2) is 48.5 Å². The van der Waals surface area contributed by atoms with Gasteiger partial charge in [0.05, 0.1) is 16.1 Å². The Bertz CT molecular complexity index is 1070. The normalized spacial score (nSPS) is 11.2. The predicted octanol–water partition coefficient (Wildman–Crippen LogP) is 4.80. The van der Waals surface area contributed by atoms with Crippen LogP contribution in [0.2, 0.25) is 5.02 Å². The van der Waals surface area contributed by atoms with E-state index >= 15 is 0 Å². The van der Waals surface area contributed by atoms with Crippen LogP contribution >= 0.6 is 22.9 Å². The van der Waals surface area contributed by atoms with E-state index < -0.39 is 5.97 Å². The van der Waals surface area contributed by atoms with Gasteiger partial charge in [0.1, 0.15) is 17.3 Å². The standard InChI is InChI=1S/C18H13ClN2O2S/c1-21-13-8-4-3-7-12(13)20-15(21)10-23-18(22)17-16(19)11-6-2-5-9-14(11)24-17/h2-9H,10H2,1H3. The first-order valence-corrected chi connectivity index (χ1v) is 8.59. The van der Waals surface area contributed by atoms with Gasteiger partial charge < -0.3 is 9.30 Å². The third-order valence-electron chi connectivity index (χ3n) is 3.93. The van der Waals surface area contributed by atoms with E-state index in [1.807, 2.05) is 60.1 Å². The Morgan fingerprint density at radius 1 is 1.21 bits per heavy atom. The van der Waals surface area contributed by atoms with Crippen LogP contribution in [0.25, 0.3) is 21.1 Å². The van der Waals surface area contributed by atoms with Gasteiger partial charge in [-0.25, -0.2) is 9.78 Å². The highest BCUT2D eigenvalue weighted by Crippen LogP contribution is 2.35. The highest BCUT2D eigenvalue weighted by molar-refractivity contribution is 7.21. The molecule has 4 aromatic rings. The number of rotatable bonds is 3. The maximum atomic E-state index is 12.4. The first kappa shape index (κ1) is 15.2. The Morgan fingerprint density at radius 2 is 1.96 bits per heavy atom. The molecule has 2 heterocycles. The lowest BCUT2D eigenvalue weighted by molar-refractivity contribution is 0.0466. The van der Waals surface area contributed by atoms with Crippen LogP contribution < -0.4 is 0 Å². The molecule has 0 saturated carbocycles. The summed E-state index contributed by atoms with van der Waals surface area (Å²) in [6, 6.07) is 15.5. The number of carbonyl (C=O) groups excluding carboxylic acids is 1. The number of ether oxygens (including phenoxy) is 1. The summed E-state index contributed by atoms with van der Waals surface area (Å²) in [6.45, 7) is 0.106. The summed E-state index contributed by atoms with van der Waals surface area (Å²) in [5, 5.41) is 1.32. The number of fused-ring (bicyclic) bond motifs is 2. The second-order valence-corrected chi connectivity index (χ2v) is 6.82. The van der Waals surface area contributed by atoms with Crippen molar-refractivity contribution in [2.75, 3.05) is 0 Å². The lowest BCUT2D eigenvalue weighted by Crippen LogP contribution is -2.07. The molecule has 120 valence electrons. The fourth-order valence-corrected chi connectivity index (χ4v) is 4.07. The van der Waals surface area contributed by atoms with E-state index in [0.29, 0.717) is 15.7 Å². The lowest BCUT2D eigenvalue weighted by atomic mass is 10.2. The number of carbonyl (C=O) groups is 1. The van der Waals surface area contributed by atoms with Gasteiger partial charge in [0, 0.05) is 17.1 Å². The van der Waals surface area contributed by atoms with Gasteiger partial charge in [0.2, 0.25) is 0 Å². The number of nitrogens with zero attached hydrogens (tertiary/aromatic N) is 2. The Balaban J connectivity index is 1.59. The number of aromatic nitrogens is 2. The average molecular weight is 357 g/mol. The van der Waals surface area contributed by atoms with Crippen LogP contribution in [0.5, 0.6) is 0 Å². The summed E-state index contributed by atoms with van der Waals surface area (Å²) < 4.78 is 8.33. The van der Waals surface area contributed by atoms with Crippen LogP contribution in [0.1, 0.15) is 15.5 Å². The zero-order chi connectivity index (χ0) is 16.7. The van der Waals surface area contributed by atoms with E-state index in [1.54, 1.807) is 0 Å². The van der Waals surface area contributed by atoms with Gasteiger partial charge in [-0.05, 0) is 18.2 Å². The molecule has 0 aliphatic carbocycles. The SMILES string of the molecule is Cn1c(COC(=O)c2sc3ccccc3c2Cl)nc2ccccc21. The molecule has 0 radical (unpaired) electrons. The van der Waals surface area contributed by atoms with Crippen molar-refractivity contribution < 1.29 is 9.53 Å². The van der Waals surface area contributed by atoms with E-state index in [4.69, 9.17) is 16.3 Å². The first-order valence-electron chi connectivity index (χ1n) is 7.39. The van der Waals surface area contributed by atoms with Gasteiger partial charge in [0.15, 0.2) is 0 Å². The van der Waals surface area contributed by atoms with E-state index in [9.17, 15) is 4.79 Å². The summed E-state index contributed by atoms with van der Waals surface area (Å²) in [5.74, 6) is 0.273. The fourth-order valence-electron chi connectivity index (χ4n) is 2.67. The maximum absolute atomic E-state index is 12.4. The van der Waals surface area contributed by atoms with Gasteiger partial charge in [-0.1, -0.05) is 41.9 Å². The topological polar surface area (TPSA) is 44.1 Å². The molecule has 0 bridgehead atoms. The average Bonchev–Trinajstić information content (AvgIpc) is 3.11. The molecule has 4 nitrogen and oxygen atoms in total. The van der Waals surface area contributed by atoms with E-state index in [0.717, 1.165) is 21.1 Å². The van der Waals surface area contributed by atoms with E-state index in [2.05, 4.69) is 4.98 Å². The number of imidazole rings is 1. The Labute approximate surface area is 147 Å². The number of thiophene rings is 1. The molecular formula is C18H13ClN2O2S. The van der Waals surface area contributed by atoms with E-state index in [-0.39, 0.29) is 6.61 Å². The molecule has 0 aliphatic rings. The van der Waals surface area contributed by atoms with Gasteiger partial charge in [-0.3, -0.25) is 0 Å². The minimum atomic E-state index is -0.423. The molecule has 0 saturated heterocycles. The monoisotopic (exact) mass is 356 g/mol. The number of benzene rings is 2. The molecule has 0 fully saturated rings. The fraction of sp³-hybridized carbons (Fsp3) is 0.111. The second kappa shape index (κ2) is 5.92. The number of esters is 1. The molecule has 0 spiro atoms. The lowest BCUT2D eigenvalue weighted by Gasteiger charge is -2.04. The Morgan fingerprint density at radius 3 is 2.75 bits per heavy atom. The van der Waals surface area contributed by atoms with Gasteiger partial charge in [-0.15, -0.1) is 11.3 Å². The van der Waals surface area contributed by atoms with Crippen LogP contribution in [0.3, 0.4) is 0 Å². The zero-order valence-corrected chi connectivity index (χ0v) is 14.4. The number of para-hydroxylation sites is 2. The van der Waals surface area contributed by atoms with Crippen LogP contribution in [0.4, 0.5) is 0 Å². The highest BCUT2D eigenvalue weighted by atomic mass is 35.5. The summed E-state index contributed by atoms with van der Waals surface area (Å²) >= 11 is 7.66. The van der Waals surface area contributed by atoms with Crippen molar-refractivity contribution in [1.82, 2.24) is 9.55 Å². The van der Waals surface area contributed by atoms with Crippen LogP contribution in [-0.4, -0.2) is 15.5 Å². The van der Waals surface area contributed by atoms with Crippen molar-refractivity contribution in [1.29, 1.82) is 0 Å². The van der Waals surface area contributed by atoms with Crippen molar-refractivity contribution in [3.63, 3.8) is 0 Å². The summed E-state index contributed by atoms with van der Waals surface area (Å²) in [4.78, 5) is 17.3. The Kier molecular flexibility index (Phi) is 3.75. The number of hydrogen-bond acceptors (Lipinski definition) is 4. The molecular weight excluding hydrogens is 344 g/mol. The van der Waals surface area contributed by atoms with Gasteiger partial charge in [0.25, 0.3) is 0 Å². The van der Waals surface area contributed by atoms with Crippen molar-refractivity contribution in [3.8, 4) is 0 Å². The van der Waals surface area contributed by atoms with Gasteiger partial charge >= 0.3 is 5.97 Å². The predicted molar refractivity (Wildman–Crippen MR) is 96.7 cm³/mol.